The zero-order valence-electron chi connectivity index (χ0n) is 11.4. The van der Waals surface area contributed by atoms with Crippen molar-refractivity contribution in [2.24, 2.45) is 0 Å². The maximum atomic E-state index is 12.8. The van der Waals surface area contributed by atoms with Crippen LogP contribution in [-0.4, -0.2) is 5.75 Å². The number of fused-ring (bicyclic) bond motifs is 1. The summed E-state index contributed by atoms with van der Waals surface area (Å²) in [6, 6.07) is 17.0. The van der Waals surface area contributed by atoms with Crippen LogP contribution in [0, 0.1) is 0 Å². The molecule has 0 aliphatic rings. The molecule has 3 heteroatoms. The van der Waals surface area contributed by atoms with Gasteiger partial charge in [-0.25, -0.2) is 0 Å². The quantitative estimate of drug-likeness (QED) is 0.514. The maximum absolute atomic E-state index is 12.8. The van der Waals surface area contributed by atoms with E-state index in [1.807, 2.05) is 48.5 Å². The summed E-state index contributed by atoms with van der Waals surface area (Å²) in [4.78, 5) is 12.8. The fourth-order valence-electron chi connectivity index (χ4n) is 2.21. The molecule has 0 amide bonds. The Morgan fingerprint density at radius 1 is 1.05 bits per heavy atom. The van der Waals surface area contributed by atoms with Crippen molar-refractivity contribution in [2.45, 2.75) is 5.09 Å². The van der Waals surface area contributed by atoms with Crippen LogP contribution in [0.4, 0.5) is 0 Å². The Balaban J connectivity index is 2.31. The first-order valence-electron chi connectivity index (χ1n) is 6.66. The molecule has 0 aliphatic heterocycles. The molecule has 0 unspecified atom stereocenters. The average molecular weight is 294 g/mol. The standard InChI is InChI=1S/C18H14O2S/c1-2-12-21-18-16(13-8-4-3-5-9-13)17(19)14-10-6-7-11-15(14)20-18/h2-11H,1,12H2. The lowest BCUT2D eigenvalue weighted by Gasteiger charge is -2.09. The lowest BCUT2D eigenvalue weighted by molar-refractivity contribution is 0.503. The summed E-state index contributed by atoms with van der Waals surface area (Å²) in [5, 5.41) is 1.25. The van der Waals surface area contributed by atoms with Gasteiger partial charge >= 0.3 is 0 Å². The second kappa shape index (κ2) is 6.02. The third-order valence-electron chi connectivity index (χ3n) is 3.16. The molecule has 0 saturated heterocycles. The van der Waals surface area contributed by atoms with Gasteiger partial charge in [-0.2, -0.15) is 0 Å². The number of para-hydroxylation sites is 1. The molecule has 3 aromatic rings. The van der Waals surface area contributed by atoms with Crippen molar-refractivity contribution in [3.63, 3.8) is 0 Å². The fraction of sp³-hybridized carbons (Fsp3) is 0.0556. The molecule has 0 aliphatic carbocycles. The van der Waals surface area contributed by atoms with Gasteiger partial charge in [0, 0.05) is 5.75 Å². The second-order valence-corrected chi connectivity index (χ2v) is 5.55. The molecule has 21 heavy (non-hydrogen) atoms. The van der Waals surface area contributed by atoms with Crippen LogP contribution in [0.2, 0.25) is 0 Å². The van der Waals surface area contributed by atoms with E-state index in [4.69, 9.17) is 4.42 Å². The van der Waals surface area contributed by atoms with E-state index in [0.717, 1.165) is 5.56 Å². The van der Waals surface area contributed by atoms with E-state index in [0.29, 0.717) is 27.4 Å². The van der Waals surface area contributed by atoms with Gasteiger partial charge in [-0.05, 0) is 17.7 Å². The topological polar surface area (TPSA) is 30.2 Å². The molecule has 2 aromatic carbocycles. The Hall–Kier alpha value is -2.26. The van der Waals surface area contributed by atoms with Crippen molar-refractivity contribution in [1.29, 1.82) is 0 Å². The van der Waals surface area contributed by atoms with Crippen LogP contribution in [-0.2, 0) is 0 Å². The van der Waals surface area contributed by atoms with Gasteiger partial charge in [-0.3, -0.25) is 4.79 Å². The van der Waals surface area contributed by atoms with Crippen LogP contribution in [0.1, 0.15) is 0 Å². The molecule has 2 nitrogen and oxygen atoms in total. The molecule has 0 saturated carbocycles. The van der Waals surface area contributed by atoms with Crippen LogP contribution in [0.15, 0.2) is 81.6 Å². The number of rotatable bonds is 4. The molecule has 0 bridgehead atoms. The zero-order chi connectivity index (χ0) is 14.7. The van der Waals surface area contributed by atoms with E-state index >= 15 is 0 Å². The summed E-state index contributed by atoms with van der Waals surface area (Å²) < 4.78 is 5.95. The molecule has 1 heterocycles. The highest BCUT2D eigenvalue weighted by molar-refractivity contribution is 7.99. The SMILES string of the molecule is C=CCSc1oc2ccccc2c(=O)c1-c1ccccc1. The molecule has 104 valence electrons. The van der Waals surface area contributed by atoms with Crippen molar-refractivity contribution in [3.05, 3.63) is 77.5 Å². The first kappa shape index (κ1) is 13.7. The van der Waals surface area contributed by atoms with E-state index in [9.17, 15) is 4.79 Å². The van der Waals surface area contributed by atoms with Gasteiger partial charge in [0.1, 0.15) is 5.58 Å². The van der Waals surface area contributed by atoms with Crippen LogP contribution in [0.5, 0.6) is 0 Å². The lowest BCUT2D eigenvalue weighted by atomic mass is 10.1. The normalized spacial score (nSPS) is 10.7. The van der Waals surface area contributed by atoms with Crippen LogP contribution < -0.4 is 5.43 Å². The first-order chi connectivity index (χ1) is 10.3. The van der Waals surface area contributed by atoms with E-state index in [-0.39, 0.29) is 5.43 Å². The maximum Gasteiger partial charge on any atom is 0.201 e. The first-order valence-corrected chi connectivity index (χ1v) is 7.65. The van der Waals surface area contributed by atoms with Gasteiger partial charge in [0.15, 0.2) is 5.09 Å². The largest absolute Gasteiger partial charge is 0.449 e. The average Bonchev–Trinajstić information content (AvgIpc) is 2.54. The minimum Gasteiger partial charge on any atom is -0.449 e. The van der Waals surface area contributed by atoms with Gasteiger partial charge in [0.05, 0.1) is 10.9 Å². The number of benzene rings is 2. The highest BCUT2D eigenvalue weighted by atomic mass is 32.2. The van der Waals surface area contributed by atoms with Gasteiger partial charge in [-0.1, -0.05) is 60.3 Å². The molecule has 0 atom stereocenters. The number of thioether (sulfide) groups is 1. The number of hydrogen-bond acceptors (Lipinski definition) is 3. The highest BCUT2D eigenvalue weighted by Crippen LogP contribution is 2.31. The molecule has 0 N–H and O–H groups in total. The van der Waals surface area contributed by atoms with Crippen molar-refractivity contribution < 1.29 is 4.42 Å². The van der Waals surface area contributed by atoms with Crippen molar-refractivity contribution in [1.82, 2.24) is 0 Å². The van der Waals surface area contributed by atoms with Gasteiger partial charge < -0.3 is 4.42 Å². The molecule has 0 spiro atoms. The molecular formula is C18H14O2S. The van der Waals surface area contributed by atoms with E-state index in [2.05, 4.69) is 6.58 Å². The Morgan fingerprint density at radius 3 is 2.52 bits per heavy atom. The highest BCUT2D eigenvalue weighted by Gasteiger charge is 2.15. The summed E-state index contributed by atoms with van der Waals surface area (Å²) in [6.45, 7) is 3.72. The molecule has 0 fully saturated rings. The van der Waals surface area contributed by atoms with Gasteiger partial charge in [-0.15, -0.1) is 6.58 Å². The minimum absolute atomic E-state index is 0.00890. The van der Waals surface area contributed by atoms with E-state index < -0.39 is 0 Å². The third kappa shape index (κ3) is 2.65. The van der Waals surface area contributed by atoms with E-state index in [1.54, 1.807) is 12.1 Å². The smallest absolute Gasteiger partial charge is 0.201 e. The summed E-state index contributed by atoms with van der Waals surface area (Å²) in [5.74, 6) is 0.696. The van der Waals surface area contributed by atoms with Gasteiger partial charge in [0.2, 0.25) is 5.43 Å². The zero-order valence-corrected chi connectivity index (χ0v) is 12.2. The molecule has 1 aromatic heterocycles. The second-order valence-electron chi connectivity index (χ2n) is 4.56. The summed E-state index contributed by atoms with van der Waals surface area (Å²) in [6.07, 6.45) is 1.80. The van der Waals surface area contributed by atoms with Crippen molar-refractivity contribution >= 4 is 22.7 Å². The van der Waals surface area contributed by atoms with E-state index in [1.165, 1.54) is 11.8 Å². The van der Waals surface area contributed by atoms with Crippen LogP contribution in [0.3, 0.4) is 0 Å². The predicted molar refractivity (Wildman–Crippen MR) is 88.8 cm³/mol. The Labute approximate surface area is 127 Å². The number of hydrogen-bond donors (Lipinski definition) is 0. The van der Waals surface area contributed by atoms with Crippen LogP contribution in [0.25, 0.3) is 22.1 Å². The lowest BCUT2D eigenvalue weighted by Crippen LogP contribution is -2.07. The fourth-order valence-corrected chi connectivity index (χ4v) is 2.98. The summed E-state index contributed by atoms with van der Waals surface area (Å²) in [7, 11) is 0. The summed E-state index contributed by atoms with van der Waals surface area (Å²) in [5.41, 5.74) is 2.13. The Bertz CT molecular complexity index is 835. The monoisotopic (exact) mass is 294 g/mol. The summed E-state index contributed by atoms with van der Waals surface area (Å²) >= 11 is 1.49. The Kier molecular flexibility index (Phi) is 3.93. The molecule has 3 rings (SSSR count). The third-order valence-corrected chi connectivity index (χ3v) is 4.11. The van der Waals surface area contributed by atoms with Crippen LogP contribution >= 0.6 is 11.8 Å². The Morgan fingerprint density at radius 2 is 1.76 bits per heavy atom. The van der Waals surface area contributed by atoms with Crippen molar-refractivity contribution in [3.8, 4) is 11.1 Å². The molecular weight excluding hydrogens is 280 g/mol. The molecule has 0 radical (unpaired) electrons. The van der Waals surface area contributed by atoms with Crippen molar-refractivity contribution in [2.75, 3.05) is 5.75 Å². The predicted octanol–water partition coefficient (Wildman–Crippen LogP) is 4.74. The van der Waals surface area contributed by atoms with Gasteiger partial charge in [0.25, 0.3) is 0 Å². The minimum atomic E-state index is 0.00890.